The summed E-state index contributed by atoms with van der Waals surface area (Å²) in [6.07, 6.45) is 5.06. The van der Waals surface area contributed by atoms with Gasteiger partial charge < -0.3 is 4.90 Å². The highest BCUT2D eigenvalue weighted by Crippen LogP contribution is 2.37. The lowest BCUT2D eigenvalue weighted by Gasteiger charge is -2.39. The van der Waals surface area contributed by atoms with Crippen molar-refractivity contribution in [1.29, 1.82) is 0 Å². The van der Waals surface area contributed by atoms with Crippen LogP contribution < -0.4 is 0 Å². The number of benzene rings is 2. The first-order valence-electron chi connectivity index (χ1n) is 9.79. The SMILES string of the molecule is CCCC[C@@H](CC)C(=O)N1CCc2ccccc2[C@@H]1c1ccc(Cl)cc1. The van der Waals surface area contributed by atoms with Gasteiger partial charge in [-0.1, -0.05) is 74.7 Å². The van der Waals surface area contributed by atoms with Crippen LogP contribution in [0.25, 0.3) is 0 Å². The summed E-state index contributed by atoms with van der Waals surface area (Å²) in [7, 11) is 0. The highest BCUT2D eigenvalue weighted by atomic mass is 35.5. The van der Waals surface area contributed by atoms with Gasteiger partial charge in [0.2, 0.25) is 5.91 Å². The molecule has 1 heterocycles. The van der Waals surface area contributed by atoms with Crippen molar-refractivity contribution in [3.05, 3.63) is 70.2 Å². The minimum atomic E-state index is -0.0135. The molecule has 2 atom stereocenters. The number of hydrogen-bond donors (Lipinski definition) is 0. The molecule has 0 radical (unpaired) electrons. The van der Waals surface area contributed by atoms with E-state index in [4.69, 9.17) is 11.6 Å². The number of rotatable bonds is 6. The van der Waals surface area contributed by atoms with Crippen LogP contribution in [0.5, 0.6) is 0 Å². The van der Waals surface area contributed by atoms with Crippen LogP contribution >= 0.6 is 11.6 Å². The Bertz CT molecular complexity index is 740. The van der Waals surface area contributed by atoms with Crippen LogP contribution in [0.4, 0.5) is 0 Å². The topological polar surface area (TPSA) is 20.3 Å². The van der Waals surface area contributed by atoms with E-state index in [-0.39, 0.29) is 12.0 Å². The van der Waals surface area contributed by atoms with Crippen LogP contribution in [0.3, 0.4) is 0 Å². The van der Waals surface area contributed by atoms with Crippen molar-refractivity contribution in [2.24, 2.45) is 5.92 Å². The number of fused-ring (bicyclic) bond motifs is 1. The first kappa shape index (κ1) is 19.0. The van der Waals surface area contributed by atoms with Crippen molar-refractivity contribution >= 4 is 17.5 Å². The van der Waals surface area contributed by atoms with Gasteiger partial charge in [0.1, 0.15) is 0 Å². The number of halogens is 1. The maximum atomic E-state index is 13.4. The first-order valence-corrected chi connectivity index (χ1v) is 10.2. The molecule has 0 spiro atoms. The van der Waals surface area contributed by atoms with E-state index in [0.717, 1.165) is 49.2 Å². The van der Waals surface area contributed by atoms with Crippen molar-refractivity contribution in [2.45, 2.75) is 52.0 Å². The average Bonchev–Trinajstić information content (AvgIpc) is 2.68. The fourth-order valence-corrected chi connectivity index (χ4v) is 4.12. The van der Waals surface area contributed by atoms with E-state index in [2.05, 4.69) is 55.1 Å². The predicted octanol–water partition coefficient (Wildman–Crippen LogP) is 6.03. The summed E-state index contributed by atoms with van der Waals surface area (Å²) in [4.78, 5) is 15.5. The van der Waals surface area contributed by atoms with E-state index < -0.39 is 0 Å². The molecule has 0 bridgehead atoms. The second-order valence-electron chi connectivity index (χ2n) is 7.18. The molecule has 0 aromatic heterocycles. The van der Waals surface area contributed by atoms with Crippen LogP contribution in [0.15, 0.2) is 48.5 Å². The second-order valence-corrected chi connectivity index (χ2v) is 7.62. The zero-order chi connectivity index (χ0) is 18.5. The van der Waals surface area contributed by atoms with Crippen molar-refractivity contribution in [3.63, 3.8) is 0 Å². The summed E-state index contributed by atoms with van der Waals surface area (Å²) in [5.41, 5.74) is 3.73. The molecule has 0 unspecified atom stereocenters. The molecule has 2 aromatic rings. The quantitative estimate of drug-likeness (QED) is 0.608. The smallest absolute Gasteiger partial charge is 0.226 e. The molecule has 0 saturated carbocycles. The number of nitrogens with zero attached hydrogens (tertiary/aromatic N) is 1. The highest BCUT2D eigenvalue weighted by molar-refractivity contribution is 6.30. The number of amides is 1. The molecular weight excluding hydrogens is 342 g/mol. The molecule has 3 heteroatoms. The summed E-state index contributed by atoms with van der Waals surface area (Å²) < 4.78 is 0. The second kappa shape index (κ2) is 8.73. The molecular formula is C23H28ClNO. The molecule has 2 nitrogen and oxygen atoms in total. The Morgan fingerprint density at radius 1 is 1.15 bits per heavy atom. The third-order valence-corrected chi connectivity index (χ3v) is 5.75. The standard InChI is InChI=1S/C23H28ClNO/c1-3-5-8-17(4-2)23(26)25-16-15-18-9-6-7-10-21(18)22(25)19-11-13-20(24)14-12-19/h6-7,9-14,17,22H,3-5,8,15-16H2,1-2H3/t17-,22+/m1/s1. The first-order chi connectivity index (χ1) is 12.7. The summed E-state index contributed by atoms with van der Waals surface area (Å²) in [6, 6.07) is 16.5. The lowest BCUT2D eigenvalue weighted by Crippen LogP contribution is -2.43. The Morgan fingerprint density at radius 2 is 1.88 bits per heavy atom. The number of carbonyl (C=O) groups is 1. The Morgan fingerprint density at radius 3 is 2.58 bits per heavy atom. The van der Waals surface area contributed by atoms with Gasteiger partial charge in [0.25, 0.3) is 0 Å². The molecule has 0 aliphatic carbocycles. The van der Waals surface area contributed by atoms with Gasteiger partial charge in [-0.25, -0.2) is 0 Å². The summed E-state index contributed by atoms with van der Waals surface area (Å²) >= 11 is 6.10. The monoisotopic (exact) mass is 369 g/mol. The molecule has 0 saturated heterocycles. The molecule has 0 N–H and O–H groups in total. The van der Waals surface area contributed by atoms with Crippen LogP contribution in [0.1, 0.15) is 62.3 Å². The molecule has 0 fully saturated rings. The van der Waals surface area contributed by atoms with Crippen molar-refractivity contribution in [1.82, 2.24) is 4.90 Å². The molecule has 1 aliphatic heterocycles. The van der Waals surface area contributed by atoms with E-state index in [1.807, 2.05) is 12.1 Å². The fraction of sp³-hybridized carbons (Fsp3) is 0.435. The molecule has 2 aromatic carbocycles. The van der Waals surface area contributed by atoms with Gasteiger partial charge in [0.15, 0.2) is 0 Å². The maximum absolute atomic E-state index is 13.4. The Kier molecular flexibility index (Phi) is 6.37. The largest absolute Gasteiger partial charge is 0.331 e. The lowest BCUT2D eigenvalue weighted by molar-refractivity contribution is -0.138. The van der Waals surface area contributed by atoms with Gasteiger partial charge >= 0.3 is 0 Å². The van der Waals surface area contributed by atoms with E-state index in [9.17, 15) is 4.79 Å². The van der Waals surface area contributed by atoms with Gasteiger partial charge in [-0.15, -0.1) is 0 Å². The average molecular weight is 370 g/mol. The van der Waals surface area contributed by atoms with E-state index in [1.165, 1.54) is 11.1 Å². The van der Waals surface area contributed by atoms with E-state index >= 15 is 0 Å². The van der Waals surface area contributed by atoms with E-state index in [0.29, 0.717) is 5.91 Å². The van der Waals surface area contributed by atoms with Gasteiger partial charge in [0, 0.05) is 17.5 Å². The van der Waals surface area contributed by atoms with Crippen molar-refractivity contribution < 1.29 is 4.79 Å². The highest BCUT2D eigenvalue weighted by Gasteiger charge is 2.34. The Hall–Kier alpha value is -1.80. The maximum Gasteiger partial charge on any atom is 0.226 e. The third-order valence-electron chi connectivity index (χ3n) is 5.50. The summed E-state index contributed by atoms with van der Waals surface area (Å²) in [5.74, 6) is 0.422. The number of carbonyl (C=O) groups excluding carboxylic acids is 1. The zero-order valence-electron chi connectivity index (χ0n) is 15.7. The molecule has 1 amide bonds. The third kappa shape index (κ3) is 3.96. The fourth-order valence-electron chi connectivity index (χ4n) is 4.00. The number of unbranched alkanes of at least 4 members (excludes halogenated alkanes) is 1. The van der Waals surface area contributed by atoms with Crippen LogP contribution in [-0.2, 0) is 11.2 Å². The van der Waals surface area contributed by atoms with Crippen LogP contribution in [0, 0.1) is 5.92 Å². The normalized spacial score (nSPS) is 17.7. The molecule has 26 heavy (non-hydrogen) atoms. The molecule has 138 valence electrons. The zero-order valence-corrected chi connectivity index (χ0v) is 16.5. The van der Waals surface area contributed by atoms with Gasteiger partial charge in [-0.05, 0) is 48.1 Å². The van der Waals surface area contributed by atoms with Crippen molar-refractivity contribution in [2.75, 3.05) is 6.54 Å². The minimum Gasteiger partial charge on any atom is -0.331 e. The van der Waals surface area contributed by atoms with Gasteiger partial charge in [0.05, 0.1) is 6.04 Å². The van der Waals surface area contributed by atoms with Crippen LogP contribution in [-0.4, -0.2) is 17.4 Å². The summed E-state index contributed by atoms with van der Waals surface area (Å²) in [5, 5.41) is 0.727. The van der Waals surface area contributed by atoms with Crippen molar-refractivity contribution in [3.8, 4) is 0 Å². The molecule has 1 aliphatic rings. The Balaban J connectivity index is 1.98. The van der Waals surface area contributed by atoms with Gasteiger partial charge in [-0.2, -0.15) is 0 Å². The van der Waals surface area contributed by atoms with Gasteiger partial charge in [-0.3, -0.25) is 4.79 Å². The predicted molar refractivity (Wildman–Crippen MR) is 108 cm³/mol. The van der Waals surface area contributed by atoms with E-state index in [1.54, 1.807) is 0 Å². The summed E-state index contributed by atoms with van der Waals surface area (Å²) in [6.45, 7) is 5.10. The number of hydrogen-bond acceptors (Lipinski definition) is 1. The lowest BCUT2D eigenvalue weighted by atomic mass is 9.86. The molecule has 3 rings (SSSR count). The Labute approximate surface area is 162 Å². The van der Waals surface area contributed by atoms with Crippen LogP contribution in [0.2, 0.25) is 5.02 Å². The minimum absolute atomic E-state index is 0.0135.